The van der Waals surface area contributed by atoms with Crippen molar-refractivity contribution in [3.8, 4) is 17.3 Å². The normalized spacial score (nSPS) is 15.2. The molecule has 0 radical (unpaired) electrons. The van der Waals surface area contributed by atoms with E-state index in [1.165, 1.54) is 49.9 Å². The monoisotopic (exact) mass is 958 g/mol. The van der Waals surface area contributed by atoms with Crippen LogP contribution in [0.3, 0.4) is 0 Å². The number of allylic oxidation sites excluding steroid dienone is 4. The number of pyridine rings is 1. The van der Waals surface area contributed by atoms with Crippen LogP contribution in [0.2, 0.25) is 0 Å². The third-order valence-electron chi connectivity index (χ3n) is 14.9. The number of benzene rings is 6. The Hall–Kier alpha value is -7.51. The summed E-state index contributed by atoms with van der Waals surface area (Å²) in [5, 5.41) is 2.34. The van der Waals surface area contributed by atoms with E-state index in [4.69, 9.17) is 9.72 Å². The van der Waals surface area contributed by atoms with Crippen LogP contribution in [0.15, 0.2) is 188 Å². The van der Waals surface area contributed by atoms with Crippen LogP contribution in [-0.2, 0) is 21.7 Å². The number of hydrogen-bond donors (Lipinski definition) is 0. The molecule has 0 unspecified atom stereocenters. The molecule has 7 heteroatoms. The summed E-state index contributed by atoms with van der Waals surface area (Å²) in [5.41, 5.74) is 15.5. The van der Waals surface area contributed by atoms with Gasteiger partial charge in [0.15, 0.2) is 0 Å². The maximum atomic E-state index is 6.88. The lowest BCUT2D eigenvalue weighted by atomic mass is 9.56. The molecule has 0 saturated heterocycles. The molecule has 2 aromatic heterocycles. The average Bonchev–Trinajstić information content (AvgIpc) is 3.91. The first-order valence-electron chi connectivity index (χ1n) is 26.0. The zero-order valence-electron chi connectivity index (χ0n) is 44.7. The molecule has 5 heterocycles. The predicted octanol–water partition coefficient (Wildman–Crippen LogP) is 17.0. The summed E-state index contributed by atoms with van der Waals surface area (Å²) in [6.07, 6.45) is 9.04. The molecule has 0 saturated carbocycles. The fourth-order valence-corrected chi connectivity index (χ4v) is 10.8. The van der Waals surface area contributed by atoms with E-state index in [1.807, 2.05) is 6.20 Å². The quantitative estimate of drug-likeness (QED) is 0.149. The number of ether oxygens (including phenoxy) is 1. The van der Waals surface area contributed by atoms with Crippen molar-refractivity contribution in [2.45, 2.75) is 105 Å². The first-order chi connectivity index (χ1) is 34.7. The lowest BCUT2D eigenvalue weighted by Crippen LogP contribution is -2.44. The average molecular weight is 958 g/mol. The molecule has 0 N–H and O–H groups in total. The second kappa shape index (κ2) is 17.6. The van der Waals surface area contributed by atoms with Crippen LogP contribution >= 0.6 is 0 Å². The van der Waals surface area contributed by atoms with Crippen molar-refractivity contribution in [2.75, 3.05) is 16.5 Å². The maximum Gasteiger partial charge on any atom is 0.314 e. The fourth-order valence-electron chi connectivity index (χ4n) is 10.8. The molecule has 6 aromatic carbocycles. The molecule has 3 aliphatic heterocycles. The Morgan fingerprint density at radius 1 is 0.521 bits per heavy atom. The van der Waals surface area contributed by atoms with Gasteiger partial charge in [0.05, 0.1) is 22.4 Å². The van der Waals surface area contributed by atoms with Gasteiger partial charge >= 0.3 is 6.85 Å². The van der Waals surface area contributed by atoms with Gasteiger partial charge in [0.2, 0.25) is 0 Å². The smallest absolute Gasteiger partial charge is 0.314 e. The number of nitrogens with zero attached hydrogens (tertiary/aromatic N) is 5. The minimum Gasteiger partial charge on any atom is -0.457 e. The van der Waals surface area contributed by atoms with Gasteiger partial charge in [0.1, 0.15) is 29.8 Å². The highest BCUT2D eigenvalue weighted by atomic mass is 16.5. The third-order valence-corrected chi connectivity index (χ3v) is 14.9. The molecule has 3 aliphatic rings. The highest BCUT2D eigenvalue weighted by molar-refractivity contribution is 6.68. The Morgan fingerprint density at radius 3 is 1.89 bits per heavy atom. The molecule has 0 bridgehead atoms. The molecule has 0 atom stereocenters. The maximum absolute atomic E-state index is 6.88. The highest BCUT2D eigenvalue weighted by Gasteiger charge is 2.38. The number of fused-ring (bicyclic) bond motifs is 5. The number of aromatic nitrogens is 2. The van der Waals surface area contributed by atoms with E-state index in [2.05, 4.69) is 278 Å². The van der Waals surface area contributed by atoms with Gasteiger partial charge in [-0.3, -0.25) is 4.57 Å². The molecular weight excluding hydrogens is 890 g/mol. The molecule has 6 nitrogen and oxygen atoms in total. The molecule has 73 heavy (non-hydrogen) atoms. The van der Waals surface area contributed by atoms with E-state index in [0.717, 1.165) is 56.6 Å². The van der Waals surface area contributed by atoms with Gasteiger partial charge in [0.25, 0.3) is 0 Å². The van der Waals surface area contributed by atoms with Crippen molar-refractivity contribution in [3.05, 3.63) is 221 Å². The molecule has 0 spiro atoms. The lowest BCUT2D eigenvalue weighted by Gasteiger charge is -2.40. The summed E-state index contributed by atoms with van der Waals surface area (Å²) in [7, 11) is 0. The second-order valence-electron chi connectivity index (χ2n) is 24.3. The summed E-state index contributed by atoms with van der Waals surface area (Å²) in [4.78, 5) is 12.4. The van der Waals surface area contributed by atoms with Crippen LogP contribution in [0.1, 0.15) is 116 Å². The first-order valence-corrected chi connectivity index (χ1v) is 26.0. The highest BCUT2D eigenvalue weighted by Crippen LogP contribution is 2.48. The fraction of sp³-hybridized carbons (Fsp3) is 0.258. The molecular formula is C66H68BN5O. The van der Waals surface area contributed by atoms with Gasteiger partial charge in [-0.1, -0.05) is 186 Å². The molecule has 366 valence electrons. The minimum absolute atomic E-state index is 0.0176. The van der Waals surface area contributed by atoms with Crippen molar-refractivity contribution in [3.63, 3.8) is 0 Å². The van der Waals surface area contributed by atoms with E-state index in [9.17, 15) is 0 Å². The van der Waals surface area contributed by atoms with Gasteiger partial charge < -0.3 is 19.3 Å². The van der Waals surface area contributed by atoms with Gasteiger partial charge in [-0.2, -0.15) is 0 Å². The topological polar surface area (TPSA) is 36.8 Å². The van der Waals surface area contributed by atoms with E-state index < -0.39 is 0 Å². The molecule has 0 amide bonds. The van der Waals surface area contributed by atoms with Crippen LogP contribution in [0.5, 0.6) is 11.5 Å². The third kappa shape index (κ3) is 8.87. The van der Waals surface area contributed by atoms with Crippen molar-refractivity contribution in [1.29, 1.82) is 0 Å². The summed E-state index contributed by atoms with van der Waals surface area (Å²) in [6, 6.07) is 53.0. The Kier molecular flexibility index (Phi) is 11.5. The van der Waals surface area contributed by atoms with Crippen LogP contribution < -0.4 is 14.5 Å². The Bertz CT molecular complexity index is 3570. The minimum atomic E-state index is -0.0428. The van der Waals surface area contributed by atoms with Crippen molar-refractivity contribution in [2.24, 2.45) is 0 Å². The van der Waals surface area contributed by atoms with Gasteiger partial charge in [-0.25, -0.2) is 4.98 Å². The molecule has 0 fully saturated rings. The molecule has 0 aliphatic carbocycles. The lowest BCUT2D eigenvalue weighted by molar-refractivity contribution is 0.483. The van der Waals surface area contributed by atoms with E-state index in [1.54, 1.807) is 0 Å². The van der Waals surface area contributed by atoms with Crippen LogP contribution in [0, 0.1) is 0 Å². The second-order valence-corrected chi connectivity index (χ2v) is 24.3. The standard InChI is InChI=1S/C66H68BN5O/c1-63(2,3)46-32-35-68-61(39-46)72-57-25-16-14-23-54(57)55-29-28-51(41-60(55)72)73-50-21-19-20-49(40-50)69-43-70(59-27-18-17-26-58(59)69)62-53(45-36-47(64(4,5)6)38-48(37-45)65(7,8)9)31-34-67-33-30-44(42-71(62)67)52-22-13-15-24-56(52)66(10,11)12/h13-42H,43H2,1-12H3. The first kappa shape index (κ1) is 47.8. The van der Waals surface area contributed by atoms with Crippen molar-refractivity contribution < 1.29 is 4.74 Å². The SMILES string of the molecule is CC(C)(C)c1cc(C2=C(N3CN(c4cccc(Oc5ccc6c7ccccc7n(-c7cc(C(C)(C)C)ccn7)c6c5)c4)c4ccccc43)N3C=C(c4ccccc4C(C)(C)C)C=CB3C=C2)cc(C(C)(C)C)c1. The van der Waals surface area contributed by atoms with E-state index in [0.29, 0.717) is 6.67 Å². The van der Waals surface area contributed by atoms with E-state index >= 15 is 0 Å². The van der Waals surface area contributed by atoms with Gasteiger partial charge in [-0.05, 0) is 115 Å². The van der Waals surface area contributed by atoms with E-state index in [-0.39, 0.29) is 28.5 Å². The van der Waals surface area contributed by atoms with Crippen LogP contribution in [0.25, 0.3) is 38.8 Å². The Morgan fingerprint density at radius 2 is 1.16 bits per heavy atom. The number of para-hydroxylation sites is 3. The summed E-state index contributed by atoms with van der Waals surface area (Å²) < 4.78 is 9.15. The van der Waals surface area contributed by atoms with Crippen molar-refractivity contribution >= 4 is 56.9 Å². The van der Waals surface area contributed by atoms with Crippen molar-refractivity contribution in [1.82, 2.24) is 14.4 Å². The summed E-state index contributed by atoms with van der Waals surface area (Å²) >= 11 is 0. The summed E-state index contributed by atoms with van der Waals surface area (Å²) in [6.45, 7) is 28.3. The zero-order valence-corrected chi connectivity index (χ0v) is 44.7. The molecule has 8 aromatic rings. The zero-order chi connectivity index (χ0) is 51.2. The number of anilines is 3. The Labute approximate surface area is 433 Å². The van der Waals surface area contributed by atoms with Crippen LogP contribution in [-0.4, -0.2) is 27.9 Å². The number of rotatable bonds is 7. The van der Waals surface area contributed by atoms with Gasteiger partial charge in [-0.15, -0.1) is 0 Å². The largest absolute Gasteiger partial charge is 0.457 e. The van der Waals surface area contributed by atoms with Crippen LogP contribution in [0.4, 0.5) is 17.1 Å². The predicted molar refractivity (Wildman–Crippen MR) is 309 cm³/mol. The number of hydrogen-bond acceptors (Lipinski definition) is 5. The summed E-state index contributed by atoms with van der Waals surface area (Å²) in [5.74, 6) is 8.32. The van der Waals surface area contributed by atoms with Gasteiger partial charge in [0, 0.05) is 46.6 Å². The molecule has 11 rings (SSSR count). The Balaban J connectivity index is 1.01.